The summed E-state index contributed by atoms with van der Waals surface area (Å²) >= 11 is 0. The number of nitrogens with zero attached hydrogens (tertiary/aromatic N) is 2. The van der Waals surface area contributed by atoms with Crippen LogP contribution in [0.2, 0.25) is 0 Å². The third-order valence-corrected chi connectivity index (χ3v) is 2.50. The van der Waals surface area contributed by atoms with Crippen LogP contribution in [0.5, 0.6) is 0 Å². The van der Waals surface area contributed by atoms with Crippen LogP contribution in [0.4, 0.5) is 0 Å². The molecule has 0 saturated carbocycles. The van der Waals surface area contributed by atoms with Crippen LogP contribution in [0.25, 0.3) is 11.5 Å². The highest BCUT2D eigenvalue weighted by atomic mass is 16.4. The van der Waals surface area contributed by atoms with Crippen LogP contribution in [0.15, 0.2) is 28.7 Å². The van der Waals surface area contributed by atoms with Gasteiger partial charge in [-0.3, -0.25) is 4.79 Å². The van der Waals surface area contributed by atoms with Gasteiger partial charge >= 0.3 is 0 Å². The van der Waals surface area contributed by atoms with Gasteiger partial charge in [-0.2, -0.15) is 0 Å². The van der Waals surface area contributed by atoms with Crippen molar-refractivity contribution in [1.82, 2.24) is 10.2 Å². The van der Waals surface area contributed by atoms with E-state index < -0.39 is 0 Å². The first-order valence-electron chi connectivity index (χ1n) is 5.71. The van der Waals surface area contributed by atoms with Crippen LogP contribution in [0.1, 0.15) is 36.0 Å². The lowest BCUT2D eigenvalue weighted by Crippen LogP contribution is -1.83. The fourth-order valence-electron chi connectivity index (χ4n) is 1.50. The standard InChI is InChI=1S/C13H14N2O2/c1-2-3-4-12-14-15-13(17-12)11-7-5-10(9-16)6-8-11/h5-9H,2-4H2,1H3. The summed E-state index contributed by atoms with van der Waals surface area (Å²) < 4.78 is 5.53. The molecule has 0 saturated heterocycles. The van der Waals surface area contributed by atoms with Crippen LogP contribution < -0.4 is 0 Å². The fraction of sp³-hybridized carbons (Fsp3) is 0.308. The van der Waals surface area contributed by atoms with E-state index >= 15 is 0 Å². The van der Waals surface area contributed by atoms with Gasteiger partial charge in [0, 0.05) is 17.5 Å². The number of hydrogen-bond acceptors (Lipinski definition) is 4. The molecular weight excluding hydrogens is 216 g/mol. The highest BCUT2D eigenvalue weighted by Gasteiger charge is 2.07. The molecule has 0 bridgehead atoms. The van der Waals surface area contributed by atoms with Crippen molar-refractivity contribution in [3.05, 3.63) is 35.7 Å². The first-order chi connectivity index (χ1) is 8.33. The molecule has 0 aliphatic heterocycles. The molecule has 0 radical (unpaired) electrons. The zero-order valence-corrected chi connectivity index (χ0v) is 9.72. The smallest absolute Gasteiger partial charge is 0.247 e. The van der Waals surface area contributed by atoms with Crippen LogP contribution in [0, 0.1) is 0 Å². The number of aryl methyl sites for hydroxylation is 1. The molecule has 0 N–H and O–H groups in total. The van der Waals surface area contributed by atoms with E-state index in [1.165, 1.54) is 0 Å². The molecule has 88 valence electrons. The van der Waals surface area contributed by atoms with E-state index in [1.54, 1.807) is 24.3 Å². The summed E-state index contributed by atoms with van der Waals surface area (Å²) in [4.78, 5) is 10.5. The first-order valence-corrected chi connectivity index (χ1v) is 5.71. The predicted octanol–water partition coefficient (Wildman–Crippen LogP) is 2.89. The van der Waals surface area contributed by atoms with Gasteiger partial charge in [-0.15, -0.1) is 10.2 Å². The fourth-order valence-corrected chi connectivity index (χ4v) is 1.50. The van der Waals surface area contributed by atoms with E-state index in [2.05, 4.69) is 17.1 Å². The first kappa shape index (κ1) is 11.5. The van der Waals surface area contributed by atoms with E-state index in [-0.39, 0.29) is 0 Å². The van der Waals surface area contributed by atoms with Gasteiger partial charge < -0.3 is 4.42 Å². The molecule has 1 aromatic heterocycles. The Bertz CT molecular complexity index is 488. The molecule has 4 heteroatoms. The molecule has 0 spiro atoms. The van der Waals surface area contributed by atoms with Gasteiger partial charge in [0.25, 0.3) is 0 Å². The summed E-state index contributed by atoms with van der Waals surface area (Å²) in [5.41, 5.74) is 1.48. The summed E-state index contributed by atoms with van der Waals surface area (Å²) in [6, 6.07) is 7.08. The molecule has 1 aromatic carbocycles. The number of aldehydes is 1. The number of carbonyl (C=O) groups excluding carboxylic acids is 1. The van der Waals surface area contributed by atoms with Crippen molar-refractivity contribution in [2.45, 2.75) is 26.2 Å². The molecule has 0 amide bonds. The number of hydrogen-bond donors (Lipinski definition) is 0. The van der Waals surface area contributed by atoms with Crippen molar-refractivity contribution in [3.63, 3.8) is 0 Å². The van der Waals surface area contributed by atoms with E-state index in [1.807, 2.05) is 0 Å². The second kappa shape index (κ2) is 5.39. The Morgan fingerprint density at radius 3 is 2.65 bits per heavy atom. The van der Waals surface area contributed by atoms with Crippen LogP contribution in [-0.4, -0.2) is 16.5 Å². The lowest BCUT2D eigenvalue weighted by Gasteiger charge is -1.94. The maximum Gasteiger partial charge on any atom is 0.247 e. The SMILES string of the molecule is CCCCc1nnc(-c2ccc(C=O)cc2)o1. The van der Waals surface area contributed by atoms with Gasteiger partial charge in [0.1, 0.15) is 6.29 Å². The van der Waals surface area contributed by atoms with Crippen molar-refractivity contribution >= 4 is 6.29 Å². The molecule has 2 rings (SSSR count). The number of rotatable bonds is 5. The minimum absolute atomic E-state index is 0.508. The van der Waals surface area contributed by atoms with E-state index in [9.17, 15) is 4.79 Å². The molecule has 0 unspecified atom stereocenters. The zero-order chi connectivity index (χ0) is 12.1. The monoisotopic (exact) mass is 230 g/mol. The molecule has 1 heterocycles. The van der Waals surface area contributed by atoms with Gasteiger partial charge in [0.2, 0.25) is 11.8 Å². The quantitative estimate of drug-likeness (QED) is 0.741. The molecule has 0 atom stereocenters. The molecule has 0 fully saturated rings. The third kappa shape index (κ3) is 2.78. The van der Waals surface area contributed by atoms with Crippen LogP contribution >= 0.6 is 0 Å². The summed E-state index contributed by atoms with van der Waals surface area (Å²) in [5.74, 6) is 1.18. The van der Waals surface area contributed by atoms with Crippen LogP contribution in [-0.2, 0) is 6.42 Å². The number of benzene rings is 1. The second-order valence-corrected chi connectivity index (χ2v) is 3.84. The lowest BCUT2D eigenvalue weighted by atomic mass is 10.1. The van der Waals surface area contributed by atoms with Gasteiger partial charge in [-0.25, -0.2) is 0 Å². The maximum absolute atomic E-state index is 10.5. The number of unbranched alkanes of at least 4 members (excludes halogenated alkanes) is 1. The summed E-state index contributed by atoms with van der Waals surface area (Å²) in [7, 11) is 0. The minimum Gasteiger partial charge on any atom is -0.421 e. The largest absolute Gasteiger partial charge is 0.421 e. The van der Waals surface area contributed by atoms with Crippen molar-refractivity contribution in [2.24, 2.45) is 0 Å². The predicted molar refractivity (Wildman–Crippen MR) is 63.7 cm³/mol. The van der Waals surface area contributed by atoms with E-state index in [0.29, 0.717) is 17.3 Å². The van der Waals surface area contributed by atoms with E-state index in [4.69, 9.17) is 4.42 Å². The zero-order valence-electron chi connectivity index (χ0n) is 9.72. The Morgan fingerprint density at radius 1 is 1.24 bits per heavy atom. The van der Waals surface area contributed by atoms with Gasteiger partial charge in [0.15, 0.2) is 0 Å². The second-order valence-electron chi connectivity index (χ2n) is 3.84. The average Bonchev–Trinajstić information content (AvgIpc) is 2.85. The molecule has 0 aliphatic carbocycles. The van der Waals surface area contributed by atoms with Gasteiger partial charge in [-0.05, 0) is 18.6 Å². The summed E-state index contributed by atoms with van der Waals surface area (Å²) in [6.45, 7) is 2.12. The van der Waals surface area contributed by atoms with Crippen molar-refractivity contribution in [1.29, 1.82) is 0 Å². The highest BCUT2D eigenvalue weighted by Crippen LogP contribution is 2.18. The van der Waals surface area contributed by atoms with Crippen LogP contribution in [0.3, 0.4) is 0 Å². The number of aromatic nitrogens is 2. The average molecular weight is 230 g/mol. The normalized spacial score (nSPS) is 10.4. The van der Waals surface area contributed by atoms with Gasteiger partial charge in [-0.1, -0.05) is 25.5 Å². The lowest BCUT2D eigenvalue weighted by molar-refractivity contribution is 0.112. The van der Waals surface area contributed by atoms with Crippen molar-refractivity contribution < 1.29 is 9.21 Å². The highest BCUT2D eigenvalue weighted by molar-refractivity contribution is 5.75. The van der Waals surface area contributed by atoms with E-state index in [0.717, 1.165) is 31.1 Å². The Labute approximate surface area is 99.7 Å². The molecule has 17 heavy (non-hydrogen) atoms. The minimum atomic E-state index is 0.508. The van der Waals surface area contributed by atoms with Crippen molar-refractivity contribution in [3.8, 4) is 11.5 Å². The Morgan fingerprint density at radius 2 is 2.00 bits per heavy atom. The number of carbonyl (C=O) groups is 1. The maximum atomic E-state index is 10.5. The van der Waals surface area contributed by atoms with Gasteiger partial charge in [0.05, 0.1) is 0 Å². The topological polar surface area (TPSA) is 56.0 Å². The van der Waals surface area contributed by atoms with Crippen molar-refractivity contribution in [2.75, 3.05) is 0 Å². The third-order valence-electron chi connectivity index (χ3n) is 2.50. The molecule has 4 nitrogen and oxygen atoms in total. The summed E-state index contributed by atoms with van der Waals surface area (Å²) in [5, 5.41) is 7.98. The molecular formula is C13H14N2O2. The Balaban J connectivity index is 2.15. The molecule has 0 aliphatic rings. The molecule has 2 aromatic rings. The Hall–Kier alpha value is -1.97. The summed E-state index contributed by atoms with van der Waals surface area (Å²) in [6.07, 6.45) is 3.78. The Kier molecular flexibility index (Phi) is 3.65.